The first-order valence-electron chi connectivity index (χ1n) is 7.82. The minimum Gasteiger partial charge on any atom is -0.317 e. The Morgan fingerprint density at radius 3 is 2.70 bits per heavy atom. The molecule has 1 N–H and O–H groups in total. The van der Waals surface area contributed by atoms with E-state index in [0.717, 1.165) is 58.3 Å². The number of likely N-dealkylation sites (tertiary alicyclic amines) is 1. The minimum atomic E-state index is -3.10. The largest absolute Gasteiger partial charge is 0.317 e. The molecule has 0 bridgehead atoms. The van der Waals surface area contributed by atoms with Gasteiger partial charge in [-0.05, 0) is 58.8 Å². The molecule has 1 fully saturated rings. The van der Waals surface area contributed by atoms with Crippen molar-refractivity contribution in [1.82, 2.24) is 14.5 Å². The van der Waals surface area contributed by atoms with Crippen molar-refractivity contribution in [2.45, 2.75) is 45.1 Å². The van der Waals surface area contributed by atoms with E-state index < -0.39 is 10.0 Å². The summed E-state index contributed by atoms with van der Waals surface area (Å²) < 4.78 is 26.2. The molecule has 0 spiro atoms. The lowest BCUT2D eigenvalue weighted by molar-refractivity contribution is 0.187. The van der Waals surface area contributed by atoms with Crippen LogP contribution in [0.15, 0.2) is 0 Å². The Morgan fingerprint density at radius 1 is 1.30 bits per heavy atom. The zero-order valence-corrected chi connectivity index (χ0v) is 14.1. The first kappa shape index (κ1) is 17.9. The predicted octanol–water partition coefficient (Wildman–Crippen LogP) is 1.12. The van der Waals surface area contributed by atoms with Gasteiger partial charge in [0.25, 0.3) is 0 Å². The molecule has 0 radical (unpaired) electrons. The molecule has 0 aromatic rings. The standard InChI is InChI=1S/C14H31N3O2S/c1-4-9-15-10-5-6-12-20(18,19)17(3)14-8-7-11-16(2)13-14/h14-15H,4-13H2,1-3H3. The third kappa shape index (κ3) is 6.08. The summed E-state index contributed by atoms with van der Waals surface area (Å²) in [5, 5.41) is 3.30. The second-order valence-electron chi connectivity index (χ2n) is 5.85. The topological polar surface area (TPSA) is 52.7 Å². The summed E-state index contributed by atoms with van der Waals surface area (Å²) in [5.74, 6) is 0.275. The Kier molecular flexibility index (Phi) is 8.02. The zero-order valence-electron chi connectivity index (χ0n) is 13.3. The van der Waals surface area contributed by atoms with Crippen LogP contribution >= 0.6 is 0 Å². The van der Waals surface area contributed by atoms with E-state index in [9.17, 15) is 8.42 Å². The molecule has 0 aliphatic carbocycles. The van der Waals surface area contributed by atoms with Gasteiger partial charge in [0.1, 0.15) is 0 Å². The van der Waals surface area contributed by atoms with Gasteiger partial charge in [0.05, 0.1) is 5.75 Å². The van der Waals surface area contributed by atoms with Crippen LogP contribution in [-0.4, -0.2) is 69.7 Å². The number of nitrogens with zero attached hydrogens (tertiary/aromatic N) is 2. The van der Waals surface area contributed by atoms with E-state index in [1.165, 1.54) is 0 Å². The fourth-order valence-corrected chi connectivity index (χ4v) is 4.13. The van der Waals surface area contributed by atoms with Gasteiger partial charge in [0.15, 0.2) is 0 Å². The predicted molar refractivity (Wildman–Crippen MR) is 84.5 cm³/mol. The Morgan fingerprint density at radius 2 is 2.05 bits per heavy atom. The molecule has 1 atom stereocenters. The van der Waals surface area contributed by atoms with Crippen LogP contribution < -0.4 is 5.32 Å². The highest BCUT2D eigenvalue weighted by atomic mass is 32.2. The van der Waals surface area contributed by atoms with Gasteiger partial charge in [-0.2, -0.15) is 0 Å². The molecule has 20 heavy (non-hydrogen) atoms. The quantitative estimate of drug-likeness (QED) is 0.649. The summed E-state index contributed by atoms with van der Waals surface area (Å²) in [4.78, 5) is 2.22. The lowest BCUT2D eigenvalue weighted by atomic mass is 10.1. The van der Waals surface area contributed by atoms with Crippen molar-refractivity contribution in [3.63, 3.8) is 0 Å². The second kappa shape index (κ2) is 8.97. The SMILES string of the molecule is CCCNCCCCS(=O)(=O)N(C)C1CCCN(C)C1. The van der Waals surface area contributed by atoms with E-state index in [-0.39, 0.29) is 11.8 Å². The summed E-state index contributed by atoms with van der Waals surface area (Å²) in [7, 11) is 0.709. The highest BCUT2D eigenvalue weighted by molar-refractivity contribution is 7.89. The summed E-state index contributed by atoms with van der Waals surface area (Å²) in [5.41, 5.74) is 0. The van der Waals surface area contributed by atoms with E-state index in [4.69, 9.17) is 0 Å². The number of nitrogens with one attached hydrogen (secondary N) is 1. The summed E-state index contributed by atoms with van der Waals surface area (Å²) in [6.45, 7) is 6.00. The average molecular weight is 305 g/mol. The number of unbranched alkanes of at least 4 members (excludes halogenated alkanes) is 1. The first-order valence-corrected chi connectivity index (χ1v) is 9.43. The molecule has 0 saturated carbocycles. The van der Waals surface area contributed by atoms with Crippen molar-refractivity contribution in [2.24, 2.45) is 0 Å². The molecule has 5 nitrogen and oxygen atoms in total. The number of hydrogen-bond donors (Lipinski definition) is 1. The summed E-state index contributed by atoms with van der Waals surface area (Å²) >= 11 is 0. The number of sulfonamides is 1. The summed E-state index contributed by atoms with van der Waals surface area (Å²) in [6, 6.07) is 0.150. The molecule has 1 rings (SSSR count). The maximum absolute atomic E-state index is 12.3. The number of hydrogen-bond acceptors (Lipinski definition) is 4. The molecule has 1 aliphatic heterocycles. The van der Waals surface area contributed by atoms with Crippen molar-refractivity contribution in [2.75, 3.05) is 46.0 Å². The highest BCUT2D eigenvalue weighted by Crippen LogP contribution is 2.17. The van der Waals surface area contributed by atoms with Crippen LogP contribution in [0.1, 0.15) is 39.0 Å². The minimum absolute atomic E-state index is 0.150. The molecular weight excluding hydrogens is 274 g/mol. The molecule has 1 aliphatic rings. The van der Waals surface area contributed by atoms with Crippen LogP contribution in [0.4, 0.5) is 0 Å². The molecule has 1 heterocycles. The van der Waals surface area contributed by atoms with Gasteiger partial charge in [0.2, 0.25) is 10.0 Å². The van der Waals surface area contributed by atoms with Crippen LogP contribution in [0.25, 0.3) is 0 Å². The fourth-order valence-electron chi connectivity index (χ4n) is 2.64. The van der Waals surface area contributed by atoms with Crippen LogP contribution in [-0.2, 0) is 10.0 Å². The van der Waals surface area contributed by atoms with E-state index in [0.29, 0.717) is 0 Å². The Labute approximate surface area is 124 Å². The first-order chi connectivity index (χ1) is 9.47. The molecule has 0 aromatic heterocycles. The van der Waals surface area contributed by atoms with Gasteiger partial charge < -0.3 is 10.2 Å². The highest BCUT2D eigenvalue weighted by Gasteiger charge is 2.28. The Balaban J connectivity index is 2.31. The van der Waals surface area contributed by atoms with Crippen molar-refractivity contribution < 1.29 is 8.42 Å². The molecule has 1 saturated heterocycles. The maximum atomic E-state index is 12.3. The van der Waals surface area contributed by atoms with E-state index in [1.54, 1.807) is 11.4 Å². The number of rotatable bonds is 9. The molecule has 6 heteroatoms. The van der Waals surface area contributed by atoms with Crippen LogP contribution in [0, 0.1) is 0 Å². The van der Waals surface area contributed by atoms with Crippen molar-refractivity contribution in [3.8, 4) is 0 Å². The van der Waals surface area contributed by atoms with Gasteiger partial charge in [-0.25, -0.2) is 12.7 Å². The molecule has 1 unspecified atom stereocenters. The third-order valence-electron chi connectivity index (χ3n) is 3.99. The van der Waals surface area contributed by atoms with Crippen molar-refractivity contribution >= 4 is 10.0 Å². The Hall–Kier alpha value is -0.170. The molecule has 120 valence electrons. The van der Waals surface area contributed by atoms with Crippen molar-refractivity contribution in [1.29, 1.82) is 0 Å². The second-order valence-corrected chi connectivity index (χ2v) is 8.00. The van der Waals surface area contributed by atoms with Gasteiger partial charge >= 0.3 is 0 Å². The number of piperidine rings is 1. The molecular formula is C14H31N3O2S. The average Bonchev–Trinajstić information content (AvgIpc) is 2.42. The van der Waals surface area contributed by atoms with E-state index in [2.05, 4.69) is 24.2 Å². The van der Waals surface area contributed by atoms with Crippen LogP contribution in [0.5, 0.6) is 0 Å². The smallest absolute Gasteiger partial charge is 0.214 e. The lowest BCUT2D eigenvalue weighted by Gasteiger charge is -2.35. The van der Waals surface area contributed by atoms with Crippen LogP contribution in [0.3, 0.4) is 0 Å². The van der Waals surface area contributed by atoms with Crippen molar-refractivity contribution in [3.05, 3.63) is 0 Å². The summed E-state index contributed by atoms with van der Waals surface area (Å²) in [6.07, 6.45) is 4.86. The molecule has 0 aromatic carbocycles. The lowest BCUT2D eigenvalue weighted by Crippen LogP contribution is -2.47. The van der Waals surface area contributed by atoms with Gasteiger partial charge in [-0.15, -0.1) is 0 Å². The number of likely N-dealkylation sites (N-methyl/N-ethyl adjacent to an activating group) is 2. The third-order valence-corrected chi connectivity index (χ3v) is 5.97. The Bertz CT molecular complexity index is 359. The normalized spacial score (nSPS) is 21.5. The zero-order chi connectivity index (χ0) is 15.0. The maximum Gasteiger partial charge on any atom is 0.214 e. The van der Waals surface area contributed by atoms with E-state index >= 15 is 0 Å². The van der Waals surface area contributed by atoms with Gasteiger partial charge in [-0.1, -0.05) is 6.92 Å². The monoisotopic (exact) mass is 305 g/mol. The molecule has 0 amide bonds. The van der Waals surface area contributed by atoms with Gasteiger partial charge in [-0.3, -0.25) is 0 Å². The fraction of sp³-hybridized carbons (Fsp3) is 1.00. The van der Waals surface area contributed by atoms with Crippen LogP contribution in [0.2, 0.25) is 0 Å². The van der Waals surface area contributed by atoms with Gasteiger partial charge in [0, 0.05) is 19.6 Å². The van der Waals surface area contributed by atoms with E-state index in [1.807, 2.05) is 0 Å².